The van der Waals surface area contributed by atoms with Crippen molar-refractivity contribution >= 4 is 28.9 Å². The van der Waals surface area contributed by atoms with Crippen molar-refractivity contribution < 1.29 is 9.53 Å². The van der Waals surface area contributed by atoms with Crippen molar-refractivity contribution in [2.75, 3.05) is 19.4 Å². The number of aliphatic imine (C=N–C) groups is 1. The summed E-state index contributed by atoms with van der Waals surface area (Å²) < 4.78 is 5.09. The highest BCUT2D eigenvalue weighted by molar-refractivity contribution is 8.14. The van der Waals surface area contributed by atoms with E-state index >= 15 is 0 Å². The van der Waals surface area contributed by atoms with Gasteiger partial charge in [-0.15, -0.1) is 0 Å². The number of methoxy groups -OCH3 is 1. The average Bonchev–Trinajstić information content (AvgIpc) is 2.95. The van der Waals surface area contributed by atoms with E-state index in [0.29, 0.717) is 5.70 Å². The Morgan fingerprint density at radius 2 is 2.17 bits per heavy atom. The fourth-order valence-corrected chi connectivity index (χ4v) is 2.87. The maximum absolute atomic E-state index is 12.0. The number of hydrogen-bond acceptors (Lipinski definition) is 4. The zero-order chi connectivity index (χ0) is 12.5. The molecule has 0 spiro atoms. The summed E-state index contributed by atoms with van der Waals surface area (Å²) in [5.41, 5.74) is 1.47. The van der Waals surface area contributed by atoms with Crippen molar-refractivity contribution in [2.24, 2.45) is 4.99 Å². The highest BCUT2D eigenvalue weighted by atomic mass is 32.2. The first-order valence-corrected chi connectivity index (χ1v) is 6.65. The van der Waals surface area contributed by atoms with Gasteiger partial charge in [0.2, 0.25) is 0 Å². The molecular formula is C13H12N2O2S. The van der Waals surface area contributed by atoms with Crippen molar-refractivity contribution in [1.82, 2.24) is 4.90 Å². The van der Waals surface area contributed by atoms with E-state index in [0.717, 1.165) is 28.8 Å². The molecule has 0 saturated carbocycles. The monoisotopic (exact) mass is 260 g/mol. The molecule has 0 radical (unpaired) electrons. The first kappa shape index (κ1) is 11.3. The molecule has 5 heteroatoms. The molecule has 1 aromatic rings. The molecule has 2 aliphatic rings. The average molecular weight is 260 g/mol. The lowest BCUT2D eigenvalue weighted by Crippen LogP contribution is -2.26. The van der Waals surface area contributed by atoms with E-state index in [1.807, 2.05) is 30.3 Å². The van der Waals surface area contributed by atoms with Gasteiger partial charge in [0.1, 0.15) is 11.4 Å². The van der Waals surface area contributed by atoms with E-state index in [-0.39, 0.29) is 5.91 Å². The van der Waals surface area contributed by atoms with E-state index in [1.165, 1.54) is 0 Å². The lowest BCUT2D eigenvalue weighted by Gasteiger charge is -2.06. The van der Waals surface area contributed by atoms with Crippen molar-refractivity contribution in [3.63, 3.8) is 0 Å². The van der Waals surface area contributed by atoms with Crippen LogP contribution in [0.1, 0.15) is 5.56 Å². The Bertz CT molecular complexity index is 549. The first-order valence-electron chi connectivity index (χ1n) is 5.67. The minimum absolute atomic E-state index is 0.00539. The van der Waals surface area contributed by atoms with E-state index in [1.54, 1.807) is 23.8 Å². The van der Waals surface area contributed by atoms with Crippen LogP contribution in [-0.4, -0.2) is 35.4 Å². The number of rotatable bonds is 2. The minimum atomic E-state index is 0.00539. The van der Waals surface area contributed by atoms with Crippen molar-refractivity contribution in [1.29, 1.82) is 0 Å². The Hall–Kier alpha value is -1.75. The van der Waals surface area contributed by atoms with Gasteiger partial charge in [0.15, 0.2) is 5.17 Å². The van der Waals surface area contributed by atoms with E-state index in [4.69, 9.17) is 4.74 Å². The second-order valence-electron chi connectivity index (χ2n) is 4.00. The number of nitrogens with zero attached hydrogens (tertiary/aromatic N) is 2. The molecule has 1 saturated heterocycles. The molecule has 1 amide bonds. The number of amides is 1. The summed E-state index contributed by atoms with van der Waals surface area (Å²) in [6, 6.07) is 7.56. The molecule has 0 bridgehead atoms. The number of carbonyl (C=O) groups excluding carboxylic acids is 1. The molecule has 1 aromatic carbocycles. The van der Waals surface area contributed by atoms with Gasteiger partial charge in [-0.25, -0.2) is 4.99 Å². The number of fused-ring (bicyclic) bond motifs is 1. The number of carbonyl (C=O) groups is 1. The van der Waals surface area contributed by atoms with Gasteiger partial charge >= 0.3 is 0 Å². The highest BCUT2D eigenvalue weighted by Gasteiger charge is 2.33. The van der Waals surface area contributed by atoms with Crippen molar-refractivity contribution in [3.8, 4) is 5.75 Å². The standard InChI is InChI=1S/C13H12N2O2S/c1-17-10-4-2-9(3-5-10)8-11-12(16)15-6-7-18-13(15)14-11/h2-5,8H,6-7H2,1H3/b11-8-. The maximum atomic E-state index is 12.0. The second kappa shape index (κ2) is 4.49. The van der Waals surface area contributed by atoms with Crippen LogP contribution < -0.4 is 4.74 Å². The normalized spacial score (nSPS) is 20.3. The first-order chi connectivity index (χ1) is 8.78. The largest absolute Gasteiger partial charge is 0.497 e. The van der Waals surface area contributed by atoms with Crippen LogP contribution in [0.3, 0.4) is 0 Å². The Morgan fingerprint density at radius 3 is 2.83 bits per heavy atom. The van der Waals surface area contributed by atoms with E-state index < -0.39 is 0 Å². The van der Waals surface area contributed by atoms with Gasteiger partial charge in [0.05, 0.1) is 7.11 Å². The van der Waals surface area contributed by atoms with Crippen molar-refractivity contribution in [2.45, 2.75) is 0 Å². The fraction of sp³-hybridized carbons (Fsp3) is 0.231. The molecule has 18 heavy (non-hydrogen) atoms. The van der Waals surface area contributed by atoms with Gasteiger partial charge in [0, 0.05) is 12.3 Å². The van der Waals surface area contributed by atoms with Gasteiger partial charge in [-0.3, -0.25) is 9.69 Å². The summed E-state index contributed by atoms with van der Waals surface area (Å²) in [7, 11) is 1.63. The molecule has 4 nitrogen and oxygen atoms in total. The van der Waals surface area contributed by atoms with Crippen LogP contribution in [0.4, 0.5) is 0 Å². The quantitative estimate of drug-likeness (QED) is 0.764. The van der Waals surface area contributed by atoms with Gasteiger partial charge in [-0.2, -0.15) is 0 Å². The van der Waals surface area contributed by atoms with Crippen LogP contribution in [-0.2, 0) is 4.79 Å². The smallest absolute Gasteiger partial charge is 0.278 e. The summed E-state index contributed by atoms with van der Waals surface area (Å²) in [6.45, 7) is 0.766. The number of thioether (sulfide) groups is 1. The third kappa shape index (κ3) is 1.90. The lowest BCUT2D eigenvalue weighted by molar-refractivity contribution is -0.122. The SMILES string of the molecule is COc1ccc(/C=C2\N=C3SCCN3C2=O)cc1. The number of hydrogen-bond donors (Lipinski definition) is 0. The van der Waals surface area contributed by atoms with Gasteiger partial charge in [-0.05, 0) is 23.8 Å². The molecule has 2 aliphatic heterocycles. The molecule has 0 N–H and O–H groups in total. The van der Waals surface area contributed by atoms with Crippen molar-refractivity contribution in [3.05, 3.63) is 35.5 Å². The molecule has 3 rings (SSSR count). The predicted octanol–water partition coefficient (Wildman–Crippen LogP) is 1.98. The molecule has 2 heterocycles. The highest BCUT2D eigenvalue weighted by Crippen LogP contribution is 2.28. The molecule has 92 valence electrons. The van der Waals surface area contributed by atoms with Crippen LogP contribution >= 0.6 is 11.8 Å². The predicted molar refractivity (Wildman–Crippen MR) is 72.6 cm³/mol. The molecule has 0 atom stereocenters. The maximum Gasteiger partial charge on any atom is 0.278 e. The zero-order valence-corrected chi connectivity index (χ0v) is 10.7. The van der Waals surface area contributed by atoms with E-state index in [9.17, 15) is 4.79 Å². The van der Waals surface area contributed by atoms with Gasteiger partial charge in [0.25, 0.3) is 5.91 Å². The Kier molecular flexibility index (Phi) is 2.83. The van der Waals surface area contributed by atoms with Crippen LogP contribution in [0.15, 0.2) is 35.0 Å². The molecule has 1 fully saturated rings. The number of ether oxygens (including phenoxy) is 1. The third-order valence-corrected chi connectivity index (χ3v) is 3.83. The van der Waals surface area contributed by atoms with Crippen LogP contribution in [0, 0.1) is 0 Å². The molecule has 0 unspecified atom stereocenters. The van der Waals surface area contributed by atoms with Crippen LogP contribution in [0.25, 0.3) is 6.08 Å². The lowest BCUT2D eigenvalue weighted by atomic mass is 10.2. The molecular weight excluding hydrogens is 248 g/mol. The zero-order valence-electron chi connectivity index (χ0n) is 9.92. The molecule has 0 aromatic heterocycles. The van der Waals surface area contributed by atoms with Gasteiger partial charge in [-0.1, -0.05) is 23.9 Å². The third-order valence-electron chi connectivity index (χ3n) is 2.88. The summed E-state index contributed by atoms with van der Waals surface area (Å²) in [6.07, 6.45) is 1.81. The summed E-state index contributed by atoms with van der Waals surface area (Å²) in [5, 5.41) is 0.833. The number of amidine groups is 1. The Balaban J connectivity index is 1.88. The fourth-order valence-electron chi connectivity index (χ4n) is 1.92. The van der Waals surface area contributed by atoms with Crippen LogP contribution in [0.5, 0.6) is 5.75 Å². The summed E-state index contributed by atoms with van der Waals surface area (Å²) in [4.78, 5) is 18.1. The Morgan fingerprint density at radius 1 is 1.39 bits per heavy atom. The summed E-state index contributed by atoms with van der Waals surface area (Å²) >= 11 is 1.63. The topological polar surface area (TPSA) is 41.9 Å². The van der Waals surface area contributed by atoms with E-state index in [2.05, 4.69) is 4.99 Å². The molecule has 0 aliphatic carbocycles. The number of benzene rings is 1. The minimum Gasteiger partial charge on any atom is -0.497 e. The second-order valence-corrected chi connectivity index (χ2v) is 5.06. The van der Waals surface area contributed by atoms with Crippen LogP contribution in [0.2, 0.25) is 0 Å². The van der Waals surface area contributed by atoms with Gasteiger partial charge < -0.3 is 4.74 Å². The Labute approximate surface area is 109 Å². The summed E-state index contributed by atoms with van der Waals surface area (Å²) in [5.74, 6) is 1.75.